The van der Waals surface area contributed by atoms with Gasteiger partial charge >= 0.3 is 0 Å². The first-order valence-electron chi connectivity index (χ1n) is 52.1. The summed E-state index contributed by atoms with van der Waals surface area (Å²) >= 11 is 0. The molecule has 0 saturated heterocycles. The lowest BCUT2D eigenvalue weighted by Gasteiger charge is -2.53. The van der Waals surface area contributed by atoms with Gasteiger partial charge in [0, 0.05) is 0 Å². The van der Waals surface area contributed by atoms with Gasteiger partial charge in [-0.1, -0.05) is 626 Å². The second kappa shape index (κ2) is 92.9. The number of hydrogen-bond acceptors (Lipinski definition) is 0. The molecule has 2 unspecified atom stereocenters. The van der Waals surface area contributed by atoms with Crippen molar-refractivity contribution in [1.29, 1.82) is 0 Å². The molecule has 0 heterocycles. The third kappa shape index (κ3) is 77.7. The van der Waals surface area contributed by atoms with Gasteiger partial charge in [-0.25, -0.2) is 0 Å². The summed E-state index contributed by atoms with van der Waals surface area (Å²) in [5.41, 5.74) is 1.08. The maximum absolute atomic E-state index is 2.37. The van der Waals surface area contributed by atoms with Crippen LogP contribution < -0.4 is 0 Å². The normalized spacial score (nSPS) is 13.1. The Labute approximate surface area is 671 Å². The summed E-state index contributed by atoms with van der Waals surface area (Å²) < 4.78 is 0. The average Bonchev–Trinajstić information content (AvgIpc) is 0.769. The predicted octanol–water partition coefficient (Wildman–Crippen LogP) is 40.9. The summed E-state index contributed by atoms with van der Waals surface area (Å²) in [6.07, 6.45) is 145. The van der Waals surface area contributed by atoms with Crippen LogP contribution in [0.3, 0.4) is 0 Å². The van der Waals surface area contributed by atoms with Crippen molar-refractivity contribution in [3.63, 3.8) is 0 Å². The number of rotatable bonds is 98. The summed E-state index contributed by atoms with van der Waals surface area (Å²) in [7, 11) is 0. The first kappa shape index (κ1) is 105. The maximum atomic E-state index is 2.37. The molecule has 105 heavy (non-hydrogen) atoms. The van der Waals surface area contributed by atoms with E-state index in [2.05, 4.69) is 41.5 Å². The molecule has 0 amide bonds. The molecule has 0 N–H and O–H groups in total. The molecule has 2 atom stereocenters. The molecule has 0 fully saturated rings. The molecule has 0 heteroatoms. The van der Waals surface area contributed by atoms with Crippen LogP contribution in [0.25, 0.3) is 0 Å². The molecule has 0 nitrogen and oxygen atoms in total. The van der Waals surface area contributed by atoms with Crippen LogP contribution in [0, 0.1) is 10.8 Å². The minimum absolute atomic E-state index is 0.540. The molecule has 0 bridgehead atoms. The van der Waals surface area contributed by atoms with Crippen LogP contribution in [0.5, 0.6) is 0 Å². The Balaban J connectivity index is 6.89. The number of hydrogen-bond donors (Lipinski definition) is 0. The van der Waals surface area contributed by atoms with Crippen molar-refractivity contribution < 1.29 is 0 Å². The zero-order valence-corrected chi connectivity index (χ0v) is 75.6. The van der Waals surface area contributed by atoms with Gasteiger partial charge in [0.15, 0.2) is 0 Å². The van der Waals surface area contributed by atoms with Gasteiger partial charge in [-0.15, -0.1) is 0 Å². The Bertz CT molecular complexity index is 1470. The summed E-state index contributed by atoms with van der Waals surface area (Å²) in [5.74, 6) is 0. The van der Waals surface area contributed by atoms with Gasteiger partial charge in [0.2, 0.25) is 0 Å². The largest absolute Gasteiger partial charge is 0.0654 e. The van der Waals surface area contributed by atoms with Crippen LogP contribution in [0.4, 0.5) is 0 Å². The lowest BCUT2D eigenvalue weighted by molar-refractivity contribution is -0.0310. The van der Waals surface area contributed by atoms with Gasteiger partial charge in [0.1, 0.15) is 0 Å². The molecule has 0 aliphatic rings. The van der Waals surface area contributed by atoms with Gasteiger partial charge < -0.3 is 0 Å². The molecular weight excluding hydrogens is 1260 g/mol. The summed E-state index contributed by atoms with van der Waals surface area (Å²) in [4.78, 5) is 0. The van der Waals surface area contributed by atoms with Crippen LogP contribution in [0.15, 0.2) is 0 Å². The Morgan fingerprint density at radius 2 is 0.133 bits per heavy atom. The van der Waals surface area contributed by atoms with Crippen LogP contribution in [-0.2, 0) is 0 Å². The van der Waals surface area contributed by atoms with Crippen LogP contribution >= 0.6 is 0 Å². The van der Waals surface area contributed by atoms with Gasteiger partial charge in [-0.05, 0) is 49.4 Å². The first-order valence-corrected chi connectivity index (χ1v) is 52.1. The quantitative estimate of drug-likeness (QED) is 0.0533. The molecule has 0 aromatic rings. The maximum Gasteiger partial charge on any atom is -0.0241 e. The zero-order chi connectivity index (χ0) is 75.6. The SMILES string of the molecule is CCCCCCCCCCCCCCCCCCCC(CCCCCCCCCCCCCCCCC)(CCCCCCCCCCCCCCCCCC)C(CCCCCCCCCCCCCCC)(CCCCCCCCCCCCCCCC)CCCCCCCCCCCCCCCCCC. The van der Waals surface area contributed by atoms with Crippen molar-refractivity contribution >= 4 is 0 Å². The van der Waals surface area contributed by atoms with E-state index >= 15 is 0 Å². The molecule has 0 spiro atoms. The Morgan fingerprint density at radius 3 is 0.200 bits per heavy atom. The molecule has 0 aromatic carbocycles. The average molecular weight is 1470 g/mol. The zero-order valence-electron chi connectivity index (χ0n) is 75.6. The fraction of sp³-hybridized carbons (Fsp3) is 1.00. The second-order valence-corrected chi connectivity index (χ2v) is 37.1. The minimum Gasteiger partial charge on any atom is -0.0654 e. The van der Waals surface area contributed by atoms with Gasteiger partial charge in [-0.2, -0.15) is 0 Å². The molecule has 0 rings (SSSR count). The van der Waals surface area contributed by atoms with E-state index in [1.165, 1.54) is 584 Å². The van der Waals surface area contributed by atoms with Gasteiger partial charge in [0.25, 0.3) is 0 Å². The lowest BCUT2D eigenvalue weighted by atomic mass is 9.51. The van der Waals surface area contributed by atoms with E-state index in [1.54, 1.807) is 38.5 Å². The van der Waals surface area contributed by atoms with Gasteiger partial charge in [-0.3, -0.25) is 0 Å². The van der Waals surface area contributed by atoms with E-state index in [9.17, 15) is 0 Å². The highest BCUT2D eigenvalue weighted by Gasteiger charge is 2.48. The smallest absolute Gasteiger partial charge is 0.0241 e. The molecule has 0 aliphatic carbocycles. The van der Waals surface area contributed by atoms with Crippen LogP contribution in [-0.4, -0.2) is 0 Å². The second-order valence-electron chi connectivity index (χ2n) is 37.1. The van der Waals surface area contributed by atoms with Crippen molar-refractivity contribution in [2.75, 3.05) is 0 Å². The molecule has 0 saturated carbocycles. The first-order chi connectivity index (χ1) is 52.1. The highest BCUT2D eigenvalue weighted by atomic mass is 14.5. The molecule has 0 radical (unpaired) electrons. The monoisotopic (exact) mass is 1470 g/mol. The van der Waals surface area contributed by atoms with Crippen molar-refractivity contribution in [2.45, 2.75) is 664 Å². The van der Waals surface area contributed by atoms with Crippen LogP contribution in [0.1, 0.15) is 664 Å². The van der Waals surface area contributed by atoms with Gasteiger partial charge in [0.05, 0.1) is 0 Å². The third-order valence-electron chi connectivity index (χ3n) is 26.9. The van der Waals surface area contributed by atoms with Crippen molar-refractivity contribution in [3.8, 4) is 0 Å². The molecule has 632 valence electrons. The predicted molar refractivity (Wildman–Crippen MR) is 487 cm³/mol. The molecular formula is C105H212. The summed E-state index contributed by atoms with van der Waals surface area (Å²) in [6.45, 7) is 14.1. The van der Waals surface area contributed by atoms with E-state index in [-0.39, 0.29) is 0 Å². The standard InChI is InChI=1S/C105H212/c1-7-13-19-25-31-37-43-49-54-57-61-67-73-79-85-91-97-103-105(100-94-88-82-76-70-64-58-52-46-40-34-28-22-16-10-4,102-96-90-84-78-72-66-60-56-51-45-39-33-27-21-15-9-3)104(98-92-86-80-74-68-62-48-42-36-30-24-18-12-6,99-93-87-81-75-69-63-53-47-41-35-29-23-17-11-5)101-95-89-83-77-71-65-59-55-50-44-38-32-26-20-14-8-2/h7-103H2,1-6H3. The van der Waals surface area contributed by atoms with Crippen LogP contribution in [0.2, 0.25) is 0 Å². The van der Waals surface area contributed by atoms with Crippen molar-refractivity contribution in [3.05, 3.63) is 0 Å². The fourth-order valence-electron chi connectivity index (χ4n) is 19.5. The fourth-order valence-corrected chi connectivity index (χ4v) is 19.5. The van der Waals surface area contributed by atoms with Crippen molar-refractivity contribution in [2.24, 2.45) is 10.8 Å². The Hall–Kier alpha value is 0. The highest BCUT2D eigenvalue weighted by Crippen LogP contribution is 2.59. The topological polar surface area (TPSA) is 0 Å². The Kier molecular flexibility index (Phi) is 92.9. The highest BCUT2D eigenvalue weighted by molar-refractivity contribution is 4.98. The minimum atomic E-state index is 0.540. The third-order valence-corrected chi connectivity index (χ3v) is 26.9. The molecule has 0 aromatic heterocycles. The molecule has 0 aliphatic heterocycles. The van der Waals surface area contributed by atoms with Crippen molar-refractivity contribution in [1.82, 2.24) is 0 Å². The van der Waals surface area contributed by atoms with E-state index in [0.29, 0.717) is 10.8 Å². The number of unbranched alkanes of at least 4 members (excludes halogenated alkanes) is 85. The summed E-state index contributed by atoms with van der Waals surface area (Å²) in [6, 6.07) is 0. The Morgan fingerprint density at radius 1 is 0.0762 bits per heavy atom. The lowest BCUT2D eigenvalue weighted by Crippen LogP contribution is -2.43. The summed E-state index contributed by atoms with van der Waals surface area (Å²) in [5, 5.41) is 0. The van der Waals surface area contributed by atoms with E-state index in [4.69, 9.17) is 0 Å². The van der Waals surface area contributed by atoms with E-state index in [1.807, 2.05) is 0 Å². The van der Waals surface area contributed by atoms with E-state index < -0.39 is 0 Å². The van der Waals surface area contributed by atoms with E-state index in [0.717, 1.165) is 0 Å².